The zero-order valence-electron chi connectivity index (χ0n) is 13.4. The molecule has 0 aliphatic rings. The molecule has 0 spiro atoms. The van der Waals surface area contributed by atoms with Crippen LogP contribution >= 0.6 is 0 Å². The number of alkyl halides is 3. The molecule has 0 saturated carbocycles. The lowest BCUT2D eigenvalue weighted by Crippen LogP contribution is -2.03. The first-order valence-electron chi connectivity index (χ1n) is 7.85. The number of nitrogens with zero attached hydrogens (tertiary/aromatic N) is 1. The van der Waals surface area contributed by atoms with Crippen LogP contribution in [0.2, 0.25) is 0 Å². The van der Waals surface area contributed by atoms with E-state index in [0.717, 1.165) is 23.3 Å². The molecule has 26 heavy (non-hydrogen) atoms. The number of anilines is 1. The molecule has 3 nitrogen and oxygen atoms in total. The second-order valence-electron chi connectivity index (χ2n) is 5.87. The SMILES string of the molecule is Nc1ccccc1-c1cccc(-c2nc3cc(C(F)(F)F)ccc3o2)c1. The predicted octanol–water partition coefficient (Wildman–Crippen LogP) is 5.76. The third kappa shape index (κ3) is 2.90. The minimum Gasteiger partial charge on any atom is -0.436 e. The number of oxazole rings is 1. The summed E-state index contributed by atoms with van der Waals surface area (Å²) in [6.07, 6.45) is -4.42. The Balaban J connectivity index is 1.78. The van der Waals surface area contributed by atoms with Gasteiger partial charge in [0.2, 0.25) is 5.89 Å². The van der Waals surface area contributed by atoms with Crippen LogP contribution < -0.4 is 5.73 Å². The molecular weight excluding hydrogens is 341 g/mol. The normalized spacial score (nSPS) is 11.8. The molecule has 0 aliphatic carbocycles. The second-order valence-corrected chi connectivity index (χ2v) is 5.87. The van der Waals surface area contributed by atoms with Gasteiger partial charge in [-0.1, -0.05) is 30.3 Å². The molecule has 6 heteroatoms. The average Bonchev–Trinajstić information content (AvgIpc) is 3.05. The van der Waals surface area contributed by atoms with Crippen molar-refractivity contribution < 1.29 is 17.6 Å². The maximum absolute atomic E-state index is 12.9. The smallest absolute Gasteiger partial charge is 0.416 e. The fourth-order valence-electron chi connectivity index (χ4n) is 2.81. The van der Waals surface area contributed by atoms with Gasteiger partial charge in [-0.25, -0.2) is 4.98 Å². The maximum atomic E-state index is 12.9. The molecule has 4 rings (SSSR count). The largest absolute Gasteiger partial charge is 0.436 e. The van der Waals surface area contributed by atoms with Crippen LogP contribution in [0.3, 0.4) is 0 Å². The van der Waals surface area contributed by atoms with Crippen molar-refractivity contribution in [2.24, 2.45) is 0 Å². The third-order valence-electron chi connectivity index (χ3n) is 4.10. The van der Waals surface area contributed by atoms with Gasteiger partial charge in [0.1, 0.15) is 5.52 Å². The standard InChI is InChI=1S/C20H13F3N2O/c21-20(22,23)14-8-9-18-17(11-14)25-19(26-18)13-5-3-4-12(10-13)15-6-1-2-7-16(15)24/h1-11H,24H2. The Morgan fingerprint density at radius 3 is 2.38 bits per heavy atom. The van der Waals surface area contributed by atoms with Gasteiger partial charge in [-0.15, -0.1) is 0 Å². The molecule has 2 N–H and O–H groups in total. The zero-order chi connectivity index (χ0) is 18.3. The van der Waals surface area contributed by atoms with Crippen molar-refractivity contribution in [3.8, 4) is 22.6 Å². The maximum Gasteiger partial charge on any atom is 0.416 e. The summed E-state index contributed by atoms with van der Waals surface area (Å²) in [6, 6.07) is 18.1. The first-order valence-corrected chi connectivity index (χ1v) is 7.85. The fourth-order valence-corrected chi connectivity index (χ4v) is 2.81. The van der Waals surface area contributed by atoms with Crippen LogP contribution in [0.15, 0.2) is 71.1 Å². The summed E-state index contributed by atoms with van der Waals surface area (Å²) < 4.78 is 44.2. The van der Waals surface area contributed by atoms with Gasteiger partial charge in [0.15, 0.2) is 5.58 Å². The number of nitrogen functional groups attached to an aromatic ring is 1. The van der Waals surface area contributed by atoms with Crippen molar-refractivity contribution in [2.75, 3.05) is 5.73 Å². The van der Waals surface area contributed by atoms with Gasteiger partial charge in [-0.05, 0) is 42.0 Å². The van der Waals surface area contributed by atoms with Crippen LogP contribution in [0.1, 0.15) is 5.56 Å². The predicted molar refractivity (Wildman–Crippen MR) is 94.3 cm³/mol. The van der Waals surface area contributed by atoms with Crippen LogP contribution in [0.4, 0.5) is 18.9 Å². The third-order valence-corrected chi connectivity index (χ3v) is 4.10. The molecule has 130 valence electrons. The van der Waals surface area contributed by atoms with Crippen LogP contribution in [0, 0.1) is 0 Å². The lowest BCUT2D eigenvalue weighted by molar-refractivity contribution is -0.137. The molecule has 1 aromatic heterocycles. The monoisotopic (exact) mass is 354 g/mol. The highest BCUT2D eigenvalue weighted by molar-refractivity contribution is 5.81. The number of nitrogens with two attached hydrogens (primary N) is 1. The lowest BCUT2D eigenvalue weighted by atomic mass is 10.0. The number of halogens is 3. The Bertz CT molecular complexity index is 1100. The summed E-state index contributed by atoms with van der Waals surface area (Å²) in [5.74, 6) is 0.260. The highest BCUT2D eigenvalue weighted by Crippen LogP contribution is 2.34. The summed E-state index contributed by atoms with van der Waals surface area (Å²) in [5, 5.41) is 0. The molecule has 0 fully saturated rings. The Hall–Kier alpha value is -3.28. The van der Waals surface area contributed by atoms with Crippen molar-refractivity contribution >= 4 is 16.8 Å². The summed E-state index contributed by atoms with van der Waals surface area (Å²) >= 11 is 0. The highest BCUT2D eigenvalue weighted by atomic mass is 19.4. The van der Waals surface area contributed by atoms with Gasteiger partial charge < -0.3 is 10.2 Å². The quantitative estimate of drug-likeness (QED) is 0.465. The summed E-state index contributed by atoms with van der Waals surface area (Å²) in [4.78, 5) is 4.22. The molecule has 0 atom stereocenters. The molecule has 0 amide bonds. The number of para-hydroxylation sites is 1. The average molecular weight is 354 g/mol. The molecule has 0 aliphatic heterocycles. The highest BCUT2D eigenvalue weighted by Gasteiger charge is 2.31. The van der Waals surface area contributed by atoms with E-state index in [4.69, 9.17) is 10.2 Å². The van der Waals surface area contributed by atoms with Crippen LogP contribution in [-0.4, -0.2) is 4.98 Å². The fraction of sp³-hybridized carbons (Fsp3) is 0.0500. The van der Waals surface area contributed by atoms with E-state index in [0.29, 0.717) is 16.8 Å². The topological polar surface area (TPSA) is 52.0 Å². The first kappa shape index (κ1) is 16.2. The second kappa shape index (κ2) is 5.91. The molecule has 1 heterocycles. The zero-order valence-corrected chi connectivity index (χ0v) is 13.4. The Labute approximate surface area is 146 Å². The molecule has 3 aromatic carbocycles. The summed E-state index contributed by atoms with van der Waals surface area (Å²) in [6.45, 7) is 0. The van der Waals surface area contributed by atoms with Crippen molar-refractivity contribution in [1.29, 1.82) is 0 Å². The van der Waals surface area contributed by atoms with Gasteiger partial charge in [0, 0.05) is 16.8 Å². The van der Waals surface area contributed by atoms with E-state index < -0.39 is 11.7 Å². The van der Waals surface area contributed by atoms with E-state index in [-0.39, 0.29) is 11.4 Å². The van der Waals surface area contributed by atoms with E-state index in [1.807, 2.05) is 36.4 Å². The Morgan fingerprint density at radius 2 is 1.62 bits per heavy atom. The van der Waals surface area contributed by atoms with Gasteiger partial charge >= 0.3 is 6.18 Å². The number of rotatable bonds is 2. The van der Waals surface area contributed by atoms with Gasteiger partial charge in [-0.2, -0.15) is 13.2 Å². The minimum atomic E-state index is -4.42. The summed E-state index contributed by atoms with van der Waals surface area (Å²) in [7, 11) is 0. The van der Waals surface area contributed by atoms with E-state index in [2.05, 4.69) is 4.98 Å². The minimum absolute atomic E-state index is 0.166. The molecule has 0 unspecified atom stereocenters. The van der Waals surface area contributed by atoms with Gasteiger partial charge in [0.25, 0.3) is 0 Å². The molecule has 0 bridgehead atoms. The lowest BCUT2D eigenvalue weighted by Gasteiger charge is -2.06. The Kier molecular flexibility index (Phi) is 3.68. The van der Waals surface area contributed by atoms with Crippen molar-refractivity contribution in [3.05, 3.63) is 72.3 Å². The van der Waals surface area contributed by atoms with E-state index in [1.54, 1.807) is 12.1 Å². The number of hydrogen-bond acceptors (Lipinski definition) is 3. The Morgan fingerprint density at radius 1 is 0.846 bits per heavy atom. The number of hydrogen-bond donors (Lipinski definition) is 1. The molecule has 4 aromatic rings. The van der Waals surface area contributed by atoms with Crippen molar-refractivity contribution in [3.63, 3.8) is 0 Å². The molecule has 0 radical (unpaired) electrons. The number of fused-ring (bicyclic) bond motifs is 1. The molecule has 0 saturated heterocycles. The number of aromatic nitrogens is 1. The van der Waals surface area contributed by atoms with Crippen LogP contribution in [-0.2, 0) is 6.18 Å². The van der Waals surface area contributed by atoms with Crippen LogP contribution in [0.5, 0.6) is 0 Å². The number of benzene rings is 3. The van der Waals surface area contributed by atoms with Gasteiger partial charge in [0.05, 0.1) is 5.56 Å². The van der Waals surface area contributed by atoms with Gasteiger partial charge in [-0.3, -0.25) is 0 Å². The molecular formula is C20H13F3N2O. The van der Waals surface area contributed by atoms with Crippen LogP contribution in [0.25, 0.3) is 33.7 Å². The van der Waals surface area contributed by atoms with E-state index in [9.17, 15) is 13.2 Å². The van der Waals surface area contributed by atoms with E-state index in [1.165, 1.54) is 6.07 Å². The first-order chi connectivity index (χ1) is 12.4. The van der Waals surface area contributed by atoms with Crippen molar-refractivity contribution in [1.82, 2.24) is 4.98 Å². The van der Waals surface area contributed by atoms with Crippen molar-refractivity contribution in [2.45, 2.75) is 6.18 Å². The summed E-state index contributed by atoms with van der Waals surface area (Å²) in [5.41, 5.74) is 8.77. The van der Waals surface area contributed by atoms with E-state index >= 15 is 0 Å².